The van der Waals surface area contributed by atoms with Gasteiger partial charge in [-0.15, -0.1) is 24.0 Å². The molecule has 6 nitrogen and oxygen atoms in total. The number of aromatic hydroxyl groups is 1. The van der Waals surface area contributed by atoms with Crippen molar-refractivity contribution in [1.29, 1.82) is 0 Å². The maximum Gasteiger partial charge on any atom is 0.251 e. The first-order chi connectivity index (χ1) is 13.5. The van der Waals surface area contributed by atoms with Crippen LogP contribution in [-0.2, 0) is 6.54 Å². The van der Waals surface area contributed by atoms with E-state index in [4.69, 9.17) is 0 Å². The summed E-state index contributed by atoms with van der Waals surface area (Å²) in [5.74, 6) is 0.350. The van der Waals surface area contributed by atoms with Gasteiger partial charge in [-0.3, -0.25) is 9.79 Å². The molecule has 0 bridgehead atoms. The molecule has 0 aliphatic carbocycles. The minimum absolute atomic E-state index is 0. The van der Waals surface area contributed by atoms with Crippen molar-refractivity contribution in [3.05, 3.63) is 65.5 Å². The first kappa shape index (κ1) is 24.7. The van der Waals surface area contributed by atoms with E-state index in [9.17, 15) is 14.3 Å². The molecular weight excluding hydrogens is 486 g/mol. The number of halogens is 2. The van der Waals surface area contributed by atoms with Crippen LogP contribution in [0.1, 0.15) is 29.3 Å². The molecule has 0 aromatic heterocycles. The van der Waals surface area contributed by atoms with E-state index in [0.717, 1.165) is 18.1 Å². The lowest BCUT2D eigenvalue weighted by Gasteiger charge is -2.22. The maximum absolute atomic E-state index is 13.0. The summed E-state index contributed by atoms with van der Waals surface area (Å²) < 4.78 is 13.0. The number of carbonyl (C=O) groups excluding carboxylic acids is 1. The Kier molecular flexibility index (Phi) is 11.0. The van der Waals surface area contributed by atoms with E-state index in [-0.39, 0.29) is 41.5 Å². The molecule has 1 amide bonds. The highest BCUT2D eigenvalue weighted by Crippen LogP contribution is 2.10. The number of benzene rings is 2. The Morgan fingerprint density at radius 3 is 2.55 bits per heavy atom. The minimum Gasteiger partial charge on any atom is -0.508 e. The fourth-order valence-electron chi connectivity index (χ4n) is 2.62. The van der Waals surface area contributed by atoms with Crippen LogP contribution in [0.5, 0.6) is 5.75 Å². The number of hydrogen-bond donors (Lipinski definition) is 3. The number of phenolic OH excluding ortho intramolecular Hbond substituents is 1. The van der Waals surface area contributed by atoms with Gasteiger partial charge in [-0.2, -0.15) is 0 Å². The second-order valence-corrected chi connectivity index (χ2v) is 6.38. The van der Waals surface area contributed by atoms with Gasteiger partial charge in [0.2, 0.25) is 0 Å². The van der Waals surface area contributed by atoms with E-state index in [1.54, 1.807) is 24.3 Å². The zero-order chi connectivity index (χ0) is 20.4. The van der Waals surface area contributed by atoms with E-state index < -0.39 is 0 Å². The van der Waals surface area contributed by atoms with Crippen LogP contribution >= 0.6 is 24.0 Å². The lowest BCUT2D eigenvalue weighted by atomic mass is 10.2. The Hall–Kier alpha value is -2.36. The molecule has 0 unspecified atom stereocenters. The Balaban J connectivity index is 0.00000420. The van der Waals surface area contributed by atoms with Gasteiger partial charge in [-0.1, -0.05) is 18.2 Å². The average Bonchev–Trinajstić information content (AvgIpc) is 2.68. The Morgan fingerprint density at radius 1 is 1.17 bits per heavy atom. The highest BCUT2D eigenvalue weighted by atomic mass is 127. The van der Waals surface area contributed by atoms with Crippen LogP contribution < -0.4 is 10.6 Å². The summed E-state index contributed by atoms with van der Waals surface area (Å²) >= 11 is 0. The van der Waals surface area contributed by atoms with Crippen LogP contribution in [0.2, 0.25) is 0 Å². The van der Waals surface area contributed by atoms with Crippen LogP contribution in [-0.4, -0.2) is 48.6 Å². The van der Waals surface area contributed by atoms with Gasteiger partial charge in [-0.25, -0.2) is 4.39 Å². The second-order valence-electron chi connectivity index (χ2n) is 6.38. The number of rotatable bonds is 8. The van der Waals surface area contributed by atoms with Gasteiger partial charge >= 0.3 is 0 Å². The van der Waals surface area contributed by atoms with Gasteiger partial charge in [0, 0.05) is 38.8 Å². The summed E-state index contributed by atoms with van der Waals surface area (Å²) in [6.45, 7) is 4.38. The molecule has 8 heteroatoms. The third kappa shape index (κ3) is 8.68. The van der Waals surface area contributed by atoms with Gasteiger partial charge < -0.3 is 20.6 Å². The van der Waals surface area contributed by atoms with Crippen molar-refractivity contribution in [2.24, 2.45) is 4.99 Å². The van der Waals surface area contributed by atoms with E-state index in [1.807, 2.05) is 18.9 Å². The molecule has 0 heterocycles. The number of guanidine groups is 1. The Labute approximate surface area is 188 Å². The van der Waals surface area contributed by atoms with Crippen molar-refractivity contribution in [1.82, 2.24) is 15.5 Å². The fraction of sp³-hybridized carbons (Fsp3) is 0.333. The van der Waals surface area contributed by atoms with Gasteiger partial charge in [0.15, 0.2) is 5.96 Å². The standard InChI is InChI=1S/C21H27FN4O2.HI/c1-3-23-21(26(2)15-16-8-10-18(22)11-9-16)25-13-5-12-24-20(28)17-6-4-7-19(27)14-17;/h4,6-11,14,27H,3,5,12-13,15H2,1-2H3,(H,23,25)(H,24,28);1H. The normalized spacial score (nSPS) is 10.8. The van der Waals surface area contributed by atoms with Crippen LogP contribution in [0.15, 0.2) is 53.5 Å². The van der Waals surface area contributed by atoms with Crippen LogP contribution in [0.25, 0.3) is 0 Å². The average molecular weight is 514 g/mol. The minimum atomic E-state index is -0.250. The van der Waals surface area contributed by atoms with Crippen molar-refractivity contribution in [2.75, 3.05) is 26.7 Å². The van der Waals surface area contributed by atoms with Crippen LogP contribution in [0.3, 0.4) is 0 Å². The van der Waals surface area contributed by atoms with Gasteiger partial charge in [0.25, 0.3) is 5.91 Å². The molecule has 0 radical (unpaired) electrons. The molecule has 29 heavy (non-hydrogen) atoms. The molecule has 2 rings (SSSR count). The molecule has 0 atom stereocenters. The molecule has 0 aliphatic rings. The van der Waals surface area contributed by atoms with E-state index in [0.29, 0.717) is 31.6 Å². The number of nitrogens with one attached hydrogen (secondary N) is 2. The first-order valence-electron chi connectivity index (χ1n) is 9.30. The summed E-state index contributed by atoms with van der Waals surface area (Å²) in [6.07, 6.45) is 0.684. The highest BCUT2D eigenvalue weighted by molar-refractivity contribution is 14.0. The van der Waals surface area contributed by atoms with Crippen LogP contribution in [0.4, 0.5) is 4.39 Å². The Morgan fingerprint density at radius 2 is 1.90 bits per heavy atom. The van der Waals surface area contributed by atoms with Crippen LogP contribution in [0, 0.1) is 5.82 Å². The molecular formula is C21H28FIN4O2. The molecule has 2 aromatic carbocycles. The topological polar surface area (TPSA) is 77.0 Å². The zero-order valence-electron chi connectivity index (χ0n) is 16.7. The van der Waals surface area contributed by atoms with Crippen molar-refractivity contribution in [3.63, 3.8) is 0 Å². The third-order valence-electron chi connectivity index (χ3n) is 4.02. The van der Waals surface area contributed by atoms with Crippen molar-refractivity contribution in [2.45, 2.75) is 19.9 Å². The van der Waals surface area contributed by atoms with Crippen molar-refractivity contribution >= 4 is 35.8 Å². The monoisotopic (exact) mass is 514 g/mol. The molecule has 0 saturated heterocycles. The lowest BCUT2D eigenvalue weighted by molar-refractivity contribution is 0.0953. The number of nitrogens with zero attached hydrogens (tertiary/aromatic N) is 2. The molecule has 0 spiro atoms. The quantitative estimate of drug-likeness (QED) is 0.219. The van der Waals surface area contributed by atoms with Crippen molar-refractivity contribution < 1.29 is 14.3 Å². The van der Waals surface area contributed by atoms with Crippen molar-refractivity contribution in [3.8, 4) is 5.75 Å². The number of amides is 1. The first-order valence-corrected chi connectivity index (χ1v) is 9.30. The highest BCUT2D eigenvalue weighted by Gasteiger charge is 2.07. The SMILES string of the molecule is CCNC(=NCCCNC(=O)c1cccc(O)c1)N(C)Cc1ccc(F)cc1.I. The largest absolute Gasteiger partial charge is 0.508 e. The lowest BCUT2D eigenvalue weighted by Crippen LogP contribution is -2.38. The molecule has 0 aliphatic heterocycles. The summed E-state index contributed by atoms with van der Waals surface area (Å²) in [4.78, 5) is 18.6. The van der Waals surface area contributed by atoms with E-state index >= 15 is 0 Å². The van der Waals surface area contributed by atoms with Gasteiger partial charge in [-0.05, 0) is 49.2 Å². The summed E-state index contributed by atoms with van der Waals surface area (Å²) in [5.41, 5.74) is 1.42. The molecule has 3 N–H and O–H groups in total. The Bertz CT molecular complexity index is 800. The summed E-state index contributed by atoms with van der Waals surface area (Å²) in [6, 6.07) is 12.6. The number of aliphatic imine (C=N–C) groups is 1. The summed E-state index contributed by atoms with van der Waals surface area (Å²) in [5, 5.41) is 15.5. The molecule has 0 saturated carbocycles. The summed E-state index contributed by atoms with van der Waals surface area (Å²) in [7, 11) is 1.93. The van der Waals surface area contributed by atoms with E-state index in [1.165, 1.54) is 24.3 Å². The number of hydrogen-bond acceptors (Lipinski definition) is 3. The molecule has 158 valence electrons. The molecule has 2 aromatic rings. The molecule has 0 fully saturated rings. The smallest absolute Gasteiger partial charge is 0.251 e. The maximum atomic E-state index is 13.0. The van der Waals surface area contributed by atoms with Gasteiger partial charge in [0.1, 0.15) is 11.6 Å². The predicted molar refractivity (Wildman–Crippen MR) is 124 cm³/mol. The fourth-order valence-corrected chi connectivity index (χ4v) is 2.62. The zero-order valence-corrected chi connectivity index (χ0v) is 19.0. The predicted octanol–water partition coefficient (Wildman–Crippen LogP) is 3.37. The number of carbonyl (C=O) groups is 1. The van der Waals surface area contributed by atoms with E-state index in [2.05, 4.69) is 15.6 Å². The third-order valence-corrected chi connectivity index (χ3v) is 4.02. The van der Waals surface area contributed by atoms with Gasteiger partial charge in [0.05, 0.1) is 0 Å². The second kappa shape index (κ2) is 13.0. The number of phenols is 1.